The minimum absolute atomic E-state index is 0.141. The van der Waals surface area contributed by atoms with Gasteiger partial charge in [0.1, 0.15) is 11.0 Å². The van der Waals surface area contributed by atoms with E-state index in [1.54, 1.807) is 12.3 Å². The molecule has 152 valence electrons. The van der Waals surface area contributed by atoms with Crippen LogP contribution in [0.15, 0.2) is 64.2 Å². The molecule has 29 heavy (non-hydrogen) atoms. The van der Waals surface area contributed by atoms with Crippen molar-refractivity contribution in [1.82, 2.24) is 9.78 Å². The number of aromatic nitrogens is 2. The summed E-state index contributed by atoms with van der Waals surface area (Å²) >= 11 is 3.26. The number of carbonyl (C=O) groups excluding carboxylic acids is 1. The maximum Gasteiger partial charge on any atom is 0.416 e. The number of hydrogen-bond donors (Lipinski definition) is 2. The zero-order valence-electron chi connectivity index (χ0n) is 14.6. The Morgan fingerprint density at radius 2 is 1.97 bits per heavy atom. The number of alkyl halides is 3. The minimum atomic E-state index is -4.56. The molecule has 0 fully saturated rings. The Morgan fingerprint density at radius 1 is 1.24 bits per heavy atom. The minimum Gasteiger partial charge on any atom is -0.326 e. The van der Waals surface area contributed by atoms with Crippen LogP contribution in [0.1, 0.15) is 11.1 Å². The average Bonchev–Trinajstić information content (AvgIpc) is 3.07. The molecule has 0 aliphatic rings. The fraction of sp³-hybridized carbons (Fsp3) is 0.111. The maximum absolute atomic E-state index is 13.1. The summed E-state index contributed by atoms with van der Waals surface area (Å²) in [5.74, 6) is -0.648. The van der Waals surface area contributed by atoms with Crippen LogP contribution in [0.25, 0.3) is 5.69 Å². The molecule has 0 spiro atoms. The van der Waals surface area contributed by atoms with Gasteiger partial charge >= 0.3 is 6.18 Å². The average molecular weight is 487 g/mol. The van der Waals surface area contributed by atoms with Gasteiger partial charge in [-0.1, -0.05) is 18.2 Å². The summed E-state index contributed by atoms with van der Waals surface area (Å²) in [5.41, 5.74) is -0.308. The molecule has 1 amide bonds. The molecular weight excluding hydrogens is 473 g/mol. The second kappa shape index (κ2) is 8.47. The number of rotatable bonds is 5. The quantitative estimate of drug-likeness (QED) is 0.574. The third-order valence-corrected chi connectivity index (χ3v) is 5.10. The van der Waals surface area contributed by atoms with E-state index in [2.05, 4.69) is 26.3 Å². The van der Waals surface area contributed by atoms with Crippen LogP contribution < -0.4 is 10.5 Å². The highest BCUT2D eigenvalue weighted by molar-refractivity contribution is 9.10. The molecule has 0 saturated heterocycles. The van der Waals surface area contributed by atoms with Crippen LogP contribution in [0.4, 0.5) is 18.9 Å². The van der Waals surface area contributed by atoms with Gasteiger partial charge < -0.3 is 5.32 Å². The highest BCUT2D eigenvalue weighted by atomic mass is 79.9. The van der Waals surface area contributed by atoms with E-state index in [1.165, 1.54) is 41.2 Å². The Balaban J connectivity index is 1.83. The molecule has 0 bridgehead atoms. The van der Waals surface area contributed by atoms with Crippen LogP contribution in [0.3, 0.4) is 0 Å². The van der Waals surface area contributed by atoms with E-state index in [-0.39, 0.29) is 16.1 Å². The van der Waals surface area contributed by atoms with Crippen molar-refractivity contribution in [3.05, 3.63) is 70.5 Å². The first-order valence-electron chi connectivity index (χ1n) is 8.11. The molecule has 0 saturated carbocycles. The highest BCUT2D eigenvalue weighted by Crippen LogP contribution is 2.32. The molecule has 3 rings (SSSR count). The van der Waals surface area contributed by atoms with E-state index < -0.39 is 35.1 Å². The summed E-state index contributed by atoms with van der Waals surface area (Å²) in [5, 5.41) is 12.1. The standard InChI is InChI=1S/C18H14BrF3N4O2S/c19-12-9-24-26(10-12)15-6-5-13(8-16(15)29(23)28)25-17(27)7-11-3-1-2-4-14(11)18(20,21)22/h1-6,8-10H,7,23H2,(H,25,27). The van der Waals surface area contributed by atoms with Crippen molar-refractivity contribution >= 4 is 38.5 Å². The number of amides is 1. The molecule has 2 aromatic carbocycles. The second-order valence-corrected chi connectivity index (χ2v) is 7.91. The third kappa shape index (κ3) is 5.11. The first-order chi connectivity index (χ1) is 13.6. The lowest BCUT2D eigenvalue weighted by Crippen LogP contribution is -2.18. The van der Waals surface area contributed by atoms with Gasteiger partial charge in [-0.05, 0) is 45.8 Å². The summed E-state index contributed by atoms with van der Waals surface area (Å²) in [7, 11) is -1.89. The molecule has 1 unspecified atom stereocenters. The number of nitrogens with two attached hydrogens (primary N) is 1. The number of halogens is 4. The first kappa shape index (κ1) is 21.2. The Hall–Kier alpha value is -2.50. The van der Waals surface area contributed by atoms with Crippen LogP contribution in [-0.2, 0) is 28.4 Å². The second-order valence-electron chi connectivity index (χ2n) is 5.96. The predicted octanol–water partition coefficient (Wildman–Crippen LogP) is 3.82. The number of benzene rings is 2. The molecule has 11 heteroatoms. The van der Waals surface area contributed by atoms with Gasteiger partial charge in [-0.25, -0.2) is 14.0 Å². The molecule has 0 radical (unpaired) electrons. The molecule has 3 N–H and O–H groups in total. The van der Waals surface area contributed by atoms with Crippen molar-refractivity contribution in [2.45, 2.75) is 17.5 Å². The molecule has 0 aliphatic heterocycles. The van der Waals surface area contributed by atoms with Gasteiger partial charge in [0.05, 0.1) is 33.2 Å². The van der Waals surface area contributed by atoms with Crippen LogP contribution in [-0.4, -0.2) is 19.9 Å². The summed E-state index contributed by atoms with van der Waals surface area (Å²) in [4.78, 5) is 12.5. The van der Waals surface area contributed by atoms with Gasteiger partial charge in [0.15, 0.2) is 0 Å². The predicted molar refractivity (Wildman–Crippen MR) is 106 cm³/mol. The third-order valence-electron chi connectivity index (χ3n) is 3.93. The lowest BCUT2D eigenvalue weighted by molar-refractivity contribution is -0.138. The maximum atomic E-state index is 13.1. The van der Waals surface area contributed by atoms with Gasteiger partial charge in [-0.15, -0.1) is 0 Å². The van der Waals surface area contributed by atoms with E-state index >= 15 is 0 Å². The monoisotopic (exact) mass is 486 g/mol. The summed E-state index contributed by atoms with van der Waals surface area (Å²) in [6.45, 7) is 0. The molecular formula is C18H14BrF3N4O2S. The molecule has 3 aromatic rings. The normalized spacial score (nSPS) is 12.6. The van der Waals surface area contributed by atoms with Gasteiger partial charge in [0.2, 0.25) is 5.91 Å². The van der Waals surface area contributed by atoms with Crippen molar-refractivity contribution in [2.75, 3.05) is 5.32 Å². The Kier molecular flexibility index (Phi) is 6.20. The van der Waals surface area contributed by atoms with E-state index in [1.807, 2.05) is 0 Å². The smallest absolute Gasteiger partial charge is 0.326 e. The van der Waals surface area contributed by atoms with E-state index in [0.29, 0.717) is 10.2 Å². The van der Waals surface area contributed by atoms with Gasteiger partial charge in [0, 0.05) is 11.9 Å². The Morgan fingerprint density at radius 3 is 2.59 bits per heavy atom. The van der Waals surface area contributed by atoms with Crippen molar-refractivity contribution in [2.24, 2.45) is 5.14 Å². The highest BCUT2D eigenvalue weighted by Gasteiger charge is 2.33. The largest absolute Gasteiger partial charge is 0.416 e. The number of anilines is 1. The topological polar surface area (TPSA) is 90.0 Å². The molecule has 1 heterocycles. The van der Waals surface area contributed by atoms with Crippen molar-refractivity contribution in [1.29, 1.82) is 0 Å². The van der Waals surface area contributed by atoms with Crippen molar-refractivity contribution in [3.63, 3.8) is 0 Å². The van der Waals surface area contributed by atoms with Gasteiger partial charge in [0.25, 0.3) is 0 Å². The molecule has 0 aliphatic carbocycles. The zero-order valence-corrected chi connectivity index (χ0v) is 17.0. The molecule has 1 aromatic heterocycles. The lowest BCUT2D eigenvalue weighted by atomic mass is 10.0. The number of hydrogen-bond acceptors (Lipinski definition) is 3. The molecule has 6 nitrogen and oxygen atoms in total. The summed E-state index contributed by atoms with van der Waals surface area (Å²) < 4.78 is 53.3. The van der Waals surface area contributed by atoms with Crippen LogP contribution in [0.2, 0.25) is 0 Å². The fourth-order valence-corrected chi connectivity index (χ4v) is 3.60. The fourth-order valence-electron chi connectivity index (χ4n) is 2.70. The Bertz CT molecular complexity index is 1080. The van der Waals surface area contributed by atoms with Crippen LogP contribution in [0.5, 0.6) is 0 Å². The summed E-state index contributed by atoms with van der Waals surface area (Å²) in [6, 6.07) is 9.35. The van der Waals surface area contributed by atoms with E-state index in [9.17, 15) is 22.2 Å². The summed E-state index contributed by atoms with van der Waals surface area (Å²) in [6.07, 6.45) is -1.85. The lowest BCUT2D eigenvalue weighted by Gasteiger charge is -2.13. The number of nitrogens with zero attached hydrogens (tertiary/aromatic N) is 2. The van der Waals surface area contributed by atoms with E-state index in [0.717, 1.165) is 6.07 Å². The SMILES string of the molecule is NS(=O)c1cc(NC(=O)Cc2ccccc2C(F)(F)F)ccc1-n1cc(Br)cn1. The van der Waals surface area contributed by atoms with Crippen LogP contribution in [0, 0.1) is 0 Å². The van der Waals surface area contributed by atoms with Gasteiger partial charge in [-0.3, -0.25) is 4.79 Å². The van der Waals surface area contributed by atoms with Crippen molar-refractivity contribution in [3.8, 4) is 5.69 Å². The number of nitrogens with one attached hydrogen (secondary N) is 1. The Labute approximate surface area is 174 Å². The molecule has 1 atom stereocenters. The zero-order chi connectivity index (χ0) is 21.2. The number of carbonyl (C=O) groups is 1. The van der Waals surface area contributed by atoms with Crippen molar-refractivity contribution < 1.29 is 22.2 Å². The van der Waals surface area contributed by atoms with Gasteiger partial charge in [-0.2, -0.15) is 18.3 Å². The first-order valence-corrected chi connectivity index (χ1v) is 10.1. The van der Waals surface area contributed by atoms with E-state index in [4.69, 9.17) is 5.14 Å². The van der Waals surface area contributed by atoms with Crippen LogP contribution >= 0.6 is 15.9 Å².